The van der Waals surface area contributed by atoms with Crippen molar-refractivity contribution in [2.75, 3.05) is 18.4 Å². The van der Waals surface area contributed by atoms with Gasteiger partial charge in [-0.15, -0.1) is 0 Å². The molecule has 1 aromatic heterocycles. The van der Waals surface area contributed by atoms with Gasteiger partial charge in [0.15, 0.2) is 0 Å². The number of amides is 1. The van der Waals surface area contributed by atoms with E-state index in [1.807, 2.05) is 6.07 Å². The minimum Gasteiger partial charge on any atom is -0.459 e. The smallest absolute Gasteiger partial charge is 0.231 e. The second-order valence-electron chi connectivity index (χ2n) is 8.12. The molecule has 0 fully saturated rings. The van der Waals surface area contributed by atoms with E-state index in [1.165, 1.54) is 21.9 Å². The van der Waals surface area contributed by atoms with Crippen molar-refractivity contribution < 1.29 is 9.21 Å². The highest BCUT2D eigenvalue weighted by atomic mass is 16.3. The number of benzene rings is 3. The number of hydrogen-bond donors (Lipinski definition) is 2. The van der Waals surface area contributed by atoms with Crippen molar-refractivity contribution in [3.8, 4) is 0 Å². The number of primary amides is 1. The van der Waals surface area contributed by atoms with Crippen LogP contribution in [0.2, 0.25) is 0 Å². The minimum absolute atomic E-state index is 0.0273. The zero-order valence-electron chi connectivity index (χ0n) is 17.0. The lowest BCUT2D eigenvalue weighted by molar-refractivity contribution is -0.119. The van der Waals surface area contributed by atoms with Crippen LogP contribution in [0.5, 0.6) is 0 Å². The van der Waals surface area contributed by atoms with Gasteiger partial charge in [-0.1, -0.05) is 36.4 Å². The predicted octanol–water partition coefficient (Wildman–Crippen LogP) is 4.60. The number of nitrogens with two attached hydrogens (primary N) is 1. The third-order valence-corrected chi connectivity index (χ3v) is 5.93. The van der Waals surface area contributed by atoms with Gasteiger partial charge in [-0.25, -0.2) is 0 Å². The van der Waals surface area contributed by atoms with Gasteiger partial charge in [0.25, 0.3) is 0 Å². The van der Waals surface area contributed by atoms with E-state index in [2.05, 4.69) is 71.7 Å². The van der Waals surface area contributed by atoms with Crippen LogP contribution in [0, 0.1) is 0 Å². The lowest BCUT2D eigenvalue weighted by atomic mass is 9.99. The first-order chi connectivity index (χ1) is 14.6. The fourth-order valence-corrected chi connectivity index (χ4v) is 4.41. The van der Waals surface area contributed by atoms with E-state index in [9.17, 15) is 4.79 Å². The molecular formula is C25H25N3O2. The lowest BCUT2D eigenvalue weighted by Crippen LogP contribution is -2.37. The number of carbonyl (C=O) groups excluding carboxylic acids is 1. The summed E-state index contributed by atoms with van der Waals surface area (Å²) in [5, 5.41) is 7.14. The first-order valence-electron chi connectivity index (χ1n) is 10.4. The van der Waals surface area contributed by atoms with Crippen molar-refractivity contribution >= 4 is 33.3 Å². The molecule has 0 saturated heterocycles. The van der Waals surface area contributed by atoms with Crippen molar-refractivity contribution in [1.82, 2.24) is 4.90 Å². The molecular weight excluding hydrogens is 374 g/mol. The van der Waals surface area contributed by atoms with Crippen molar-refractivity contribution in [2.45, 2.75) is 25.9 Å². The van der Waals surface area contributed by atoms with Gasteiger partial charge >= 0.3 is 0 Å². The Labute approximate surface area is 175 Å². The van der Waals surface area contributed by atoms with E-state index < -0.39 is 0 Å². The zero-order chi connectivity index (χ0) is 20.7. The average Bonchev–Trinajstić information content (AvgIpc) is 3.18. The molecule has 1 atom stereocenters. The van der Waals surface area contributed by atoms with E-state index in [1.54, 1.807) is 0 Å². The molecule has 2 heterocycles. The number of hydrogen-bond acceptors (Lipinski definition) is 4. The fraction of sp³-hybridized carbons (Fsp3) is 0.240. The van der Waals surface area contributed by atoms with Crippen LogP contribution in [0.1, 0.15) is 29.9 Å². The molecule has 5 heteroatoms. The van der Waals surface area contributed by atoms with E-state index in [0.29, 0.717) is 6.54 Å². The number of rotatable bonds is 5. The SMILES string of the molecule is CC(Nc1ccc2c(c1)CN(CC(N)=O)CC2)c1cc2c(ccc3ccccc32)o1. The molecule has 1 aliphatic heterocycles. The van der Waals surface area contributed by atoms with Gasteiger partial charge in [0.2, 0.25) is 5.91 Å². The summed E-state index contributed by atoms with van der Waals surface area (Å²) in [6, 6.07) is 21.2. The van der Waals surface area contributed by atoms with Crippen LogP contribution in [0.25, 0.3) is 21.7 Å². The highest BCUT2D eigenvalue weighted by Gasteiger charge is 2.19. The van der Waals surface area contributed by atoms with E-state index in [-0.39, 0.29) is 11.9 Å². The average molecular weight is 399 g/mol. The summed E-state index contributed by atoms with van der Waals surface area (Å²) in [5.41, 5.74) is 9.91. The predicted molar refractivity (Wildman–Crippen MR) is 120 cm³/mol. The number of anilines is 1. The van der Waals surface area contributed by atoms with Gasteiger partial charge in [-0.2, -0.15) is 0 Å². The molecule has 3 aromatic carbocycles. The molecule has 0 aliphatic carbocycles. The second-order valence-corrected chi connectivity index (χ2v) is 8.12. The number of nitrogens with one attached hydrogen (secondary N) is 1. The highest BCUT2D eigenvalue weighted by Crippen LogP contribution is 2.32. The van der Waals surface area contributed by atoms with Gasteiger partial charge < -0.3 is 15.5 Å². The van der Waals surface area contributed by atoms with Gasteiger partial charge in [0.1, 0.15) is 11.3 Å². The van der Waals surface area contributed by atoms with Gasteiger partial charge in [-0.3, -0.25) is 9.69 Å². The minimum atomic E-state index is -0.279. The normalized spacial score (nSPS) is 15.2. The Morgan fingerprint density at radius 3 is 2.83 bits per heavy atom. The van der Waals surface area contributed by atoms with Crippen molar-refractivity contribution in [3.63, 3.8) is 0 Å². The van der Waals surface area contributed by atoms with Crippen LogP contribution in [0.15, 0.2) is 65.1 Å². The first-order valence-corrected chi connectivity index (χ1v) is 10.4. The molecule has 1 amide bonds. The monoisotopic (exact) mass is 399 g/mol. The molecule has 0 bridgehead atoms. The summed E-state index contributed by atoms with van der Waals surface area (Å²) in [6.45, 7) is 4.03. The van der Waals surface area contributed by atoms with E-state index >= 15 is 0 Å². The maximum atomic E-state index is 11.3. The fourth-order valence-electron chi connectivity index (χ4n) is 4.41. The number of furan rings is 1. The molecule has 5 nitrogen and oxygen atoms in total. The van der Waals surface area contributed by atoms with Gasteiger partial charge in [0, 0.05) is 24.2 Å². The second kappa shape index (κ2) is 7.50. The van der Waals surface area contributed by atoms with Crippen molar-refractivity contribution in [3.05, 3.63) is 77.6 Å². The van der Waals surface area contributed by atoms with Gasteiger partial charge in [-0.05, 0) is 59.5 Å². The van der Waals surface area contributed by atoms with Crippen molar-refractivity contribution in [2.24, 2.45) is 5.73 Å². The number of carbonyl (C=O) groups is 1. The highest BCUT2D eigenvalue weighted by molar-refractivity contribution is 6.05. The molecule has 0 radical (unpaired) electrons. The molecule has 3 N–H and O–H groups in total. The summed E-state index contributed by atoms with van der Waals surface area (Å²) in [4.78, 5) is 13.4. The molecule has 5 rings (SSSR count). The van der Waals surface area contributed by atoms with E-state index in [4.69, 9.17) is 10.2 Å². The molecule has 0 saturated carbocycles. The molecule has 4 aromatic rings. The number of nitrogens with zero attached hydrogens (tertiary/aromatic N) is 1. The lowest BCUT2D eigenvalue weighted by Gasteiger charge is -2.28. The Morgan fingerprint density at radius 2 is 1.97 bits per heavy atom. The quantitative estimate of drug-likeness (QED) is 0.514. The first kappa shape index (κ1) is 18.7. The largest absolute Gasteiger partial charge is 0.459 e. The van der Waals surface area contributed by atoms with Crippen LogP contribution in [0.4, 0.5) is 5.69 Å². The zero-order valence-corrected chi connectivity index (χ0v) is 17.0. The van der Waals surface area contributed by atoms with Gasteiger partial charge in [0.05, 0.1) is 12.6 Å². The summed E-state index contributed by atoms with van der Waals surface area (Å²) >= 11 is 0. The standard InChI is InChI=1S/C25H25N3O2/c1-16(24-13-22-21-5-3-2-4-18(21)7-9-23(22)30-24)27-20-8-6-17-10-11-28(15-25(26)29)14-19(17)12-20/h2-9,12-13,16,27H,10-11,14-15H2,1H3,(H2,26,29). The number of fused-ring (bicyclic) bond motifs is 4. The summed E-state index contributed by atoms with van der Waals surface area (Å²) in [7, 11) is 0. The summed E-state index contributed by atoms with van der Waals surface area (Å²) in [5.74, 6) is 0.633. The topological polar surface area (TPSA) is 71.5 Å². The third-order valence-electron chi connectivity index (χ3n) is 5.93. The summed E-state index contributed by atoms with van der Waals surface area (Å²) < 4.78 is 6.16. The molecule has 1 aliphatic rings. The Kier molecular flexibility index (Phi) is 4.68. The Morgan fingerprint density at radius 1 is 1.10 bits per heavy atom. The Bertz CT molecular complexity index is 1240. The van der Waals surface area contributed by atoms with Crippen LogP contribution in [-0.4, -0.2) is 23.9 Å². The molecule has 30 heavy (non-hydrogen) atoms. The molecule has 1 unspecified atom stereocenters. The van der Waals surface area contributed by atoms with Crippen molar-refractivity contribution in [1.29, 1.82) is 0 Å². The maximum absolute atomic E-state index is 11.3. The molecule has 152 valence electrons. The Balaban J connectivity index is 1.38. The van der Waals surface area contributed by atoms with E-state index in [0.717, 1.165) is 41.9 Å². The van der Waals surface area contributed by atoms with Crippen LogP contribution >= 0.6 is 0 Å². The van der Waals surface area contributed by atoms with Crippen LogP contribution < -0.4 is 11.1 Å². The molecule has 0 spiro atoms. The third kappa shape index (κ3) is 3.53. The summed E-state index contributed by atoms with van der Waals surface area (Å²) in [6.07, 6.45) is 0.940. The van der Waals surface area contributed by atoms with Crippen LogP contribution in [-0.2, 0) is 17.8 Å². The Hall–Kier alpha value is -3.31. The van der Waals surface area contributed by atoms with Crippen LogP contribution in [0.3, 0.4) is 0 Å². The maximum Gasteiger partial charge on any atom is 0.231 e.